The van der Waals surface area contributed by atoms with E-state index in [0.29, 0.717) is 78.3 Å². The second-order valence-electron chi connectivity index (χ2n) is 28.0. The third-order valence-corrected chi connectivity index (χ3v) is 21.0. The van der Waals surface area contributed by atoms with Crippen LogP contribution in [0.2, 0.25) is 0 Å². The number of aryl methyl sites for hydroxylation is 8. The van der Waals surface area contributed by atoms with E-state index in [-0.39, 0.29) is 47.7 Å². The maximum Gasteiger partial charge on any atom is 0.410 e. The number of amides is 4. The van der Waals surface area contributed by atoms with E-state index in [1.165, 1.54) is 23.5 Å². The van der Waals surface area contributed by atoms with E-state index >= 15 is 0 Å². The molecule has 2 aliphatic heterocycles. The van der Waals surface area contributed by atoms with Crippen LogP contribution in [0.1, 0.15) is 156 Å². The summed E-state index contributed by atoms with van der Waals surface area (Å²) in [4.78, 5) is 87.6. The topological polar surface area (TPSA) is 168 Å². The normalized spacial score (nSPS) is 19.7. The summed E-state index contributed by atoms with van der Waals surface area (Å²) in [6.45, 7) is 9.62. The maximum absolute atomic E-state index is 15.0. The summed E-state index contributed by atoms with van der Waals surface area (Å²) in [6, 6.07) is 37.8. The van der Waals surface area contributed by atoms with Crippen molar-refractivity contribution >= 4 is 24.0 Å². The Morgan fingerprint density at radius 1 is 0.480 bits per heavy atom. The summed E-state index contributed by atoms with van der Waals surface area (Å²) in [5.74, 6) is -0.899. The molecular formula is C80H94F2N12O6. The second-order valence-corrected chi connectivity index (χ2v) is 28.0. The summed E-state index contributed by atoms with van der Waals surface area (Å²) >= 11 is 0. The molecule has 20 heteroatoms. The van der Waals surface area contributed by atoms with Crippen LogP contribution >= 0.6 is 0 Å². The van der Waals surface area contributed by atoms with Crippen LogP contribution in [-0.2, 0) is 70.9 Å². The molecule has 4 atom stereocenters. The number of nitrogens with zero attached hydrogens (tertiary/aromatic N) is 12. The van der Waals surface area contributed by atoms with Gasteiger partial charge >= 0.3 is 12.2 Å². The Balaban J connectivity index is 0.000000179. The molecule has 0 unspecified atom stereocenters. The van der Waals surface area contributed by atoms with Crippen molar-refractivity contribution in [2.75, 3.05) is 52.4 Å². The summed E-state index contributed by atoms with van der Waals surface area (Å²) in [6.07, 6.45) is 23.5. The van der Waals surface area contributed by atoms with Crippen molar-refractivity contribution in [1.29, 1.82) is 0 Å². The maximum atomic E-state index is 15.0. The van der Waals surface area contributed by atoms with Crippen LogP contribution in [-0.4, -0.2) is 159 Å². The van der Waals surface area contributed by atoms with Gasteiger partial charge < -0.3 is 28.4 Å². The number of pyridine rings is 2. The number of hydrogen-bond acceptors (Lipinski definition) is 12. The van der Waals surface area contributed by atoms with Crippen LogP contribution < -0.4 is 0 Å². The Labute approximate surface area is 586 Å². The van der Waals surface area contributed by atoms with Gasteiger partial charge in [-0.2, -0.15) is 0 Å². The number of imidazole rings is 2. The SMILES string of the molecule is Cc1cn(CCCN(Cc2ccccc2)C(=O)[C@H]2CN([C@@H]3c4ccccc4CCc4cc(F)cnc43)CCN2C(=O)OC2CCCCC2)cn1.Cc1cn(CCCN(Cc2ccccc2)C(=O)[C@H]2CN([C@H]3c4ccccc4CCc4cc(F)cnc43)CCN2C(=O)OC2CCCCC2)cn1. The third-order valence-electron chi connectivity index (χ3n) is 21.0. The number of carbonyl (C=O) groups is 4. The minimum absolute atomic E-state index is 0.102. The molecule has 2 saturated carbocycles. The van der Waals surface area contributed by atoms with Crippen LogP contribution in [0.15, 0.2) is 159 Å². The zero-order chi connectivity index (χ0) is 68.9. The molecule has 2 saturated heterocycles. The van der Waals surface area contributed by atoms with Crippen LogP contribution in [0.25, 0.3) is 0 Å². The average molecular weight is 1360 g/mol. The third kappa shape index (κ3) is 17.0. The first-order valence-corrected chi connectivity index (χ1v) is 36.3. The predicted molar refractivity (Wildman–Crippen MR) is 377 cm³/mol. The fourth-order valence-corrected chi connectivity index (χ4v) is 15.9. The number of aromatic nitrogens is 6. The van der Waals surface area contributed by atoms with E-state index in [4.69, 9.17) is 9.47 Å². The Kier molecular flexibility index (Phi) is 22.8. The second kappa shape index (κ2) is 32.9. The Morgan fingerprint density at radius 2 is 0.870 bits per heavy atom. The molecule has 0 N–H and O–H groups in total. The number of fused-ring (bicyclic) bond motifs is 4. The molecule has 4 aliphatic carbocycles. The van der Waals surface area contributed by atoms with E-state index in [9.17, 15) is 28.0 Å². The van der Waals surface area contributed by atoms with E-state index in [0.717, 1.165) is 159 Å². The number of rotatable bonds is 18. The number of piperazine rings is 2. The van der Waals surface area contributed by atoms with Crippen molar-refractivity contribution in [3.05, 3.63) is 238 Å². The number of carbonyl (C=O) groups excluding carboxylic acids is 4. The minimum atomic E-state index is -0.765. The van der Waals surface area contributed by atoms with E-state index in [1.54, 1.807) is 21.9 Å². The van der Waals surface area contributed by atoms with Gasteiger partial charge in [0, 0.05) is 90.9 Å². The monoisotopic (exact) mass is 1360 g/mol. The predicted octanol–water partition coefficient (Wildman–Crippen LogP) is 13.0. The van der Waals surface area contributed by atoms with Crippen LogP contribution in [0, 0.1) is 25.5 Å². The largest absolute Gasteiger partial charge is 0.446 e. The first-order chi connectivity index (χ1) is 48.8. The molecule has 0 bridgehead atoms. The molecule has 4 amide bonds. The summed E-state index contributed by atoms with van der Waals surface area (Å²) in [7, 11) is 0. The van der Waals surface area contributed by atoms with Gasteiger partial charge in [0.1, 0.15) is 35.9 Å². The van der Waals surface area contributed by atoms with Gasteiger partial charge in [0.15, 0.2) is 0 Å². The van der Waals surface area contributed by atoms with Crippen molar-refractivity contribution in [3.63, 3.8) is 0 Å². The van der Waals surface area contributed by atoms with Crippen LogP contribution in [0.3, 0.4) is 0 Å². The summed E-state index contributed by atoms with van der Waals surface area (Å²) in [5.41, 5.74) is 12.0. The highest BCUT2D eigenvalue weighted by Gasteiger charge is 2.45. The zero-order valence-corrected chi connectivity index (χ0v) is 57.8. The fourth-order valence-electron chi connectivity index (χ4n) is 15.9. The van der Waals surface area contributed by atoms with Gasteiger partial charge in [-0.3, -0.25) is 39.2 Å². The van der Waals surface area contributed by atoms with E-state index < -0.39 is 24.3 Å². The molecule has 14 rings (SSSR count). The standard InChI is InChI=1S/2C40H47FN6O3/c2*1-29-25-44(28-43-29)19-10-20-46(26-30-11-4-2-5-12-30)39(48)36-27-45(21-22-47(36)40(49)50-34-14-6-3-7-15-34)38-35-16-9-8-13-31(35)17-18-32-23-33(41)24-42-37(32)38/h2*2,4-5,8-9,11-13,16,23-25,28,34,36,38H,3,6-7,10,14-15,17-22,26-27H2,1H3/t36-,38+;36-,38-/m11/s1. The van der Waals surface area contributed by atoms with Gasteiger partial charge in [-0.25, -0.2) is 28.3 Å². The average Bonchev–Trinajstić information content (AvgIpc) is 1.40. The fraction of sp³-hybridized carbons (Fsp3) is 0.450. The lowest BCUT2D eigenvalue weighted by atomic mass is 9.95. The lowest BCUT2D eigenvalue weighted by Gasteiger charge is -2.45. The van der Waals surface area contributed by atoms with Crippen molar-refractivity contribution < 1.29 is 37.4 Å². The molecule has 8 aromatic rings. The lowest BCUT2D eigenvalue weighted by molar-refractivity contribution is -0.140. The molecule has 524 valence electrons. The summed E-state index contributed by atoms with van der Waals surface area (Å²) < 4.78 is 45.4. The van der Waals surface area contributed by atoms with E-state index in [2.05, 4.69) is 54.0 Å². The molecule has 6 aliphatic rings. The van der Waals surface area contributed by atoms with Gasteiger partial charge in [0.05, 0.1) is 59.9 Å². The number of ether oxygens (including phenoxy) is 2. The van der Waals surface area contributed by atoms with Crippen LogP contribution in [0.4, 0.5) is 18.4 Å². The highest BCUT2D eigenvalue weighted by molar-refractivity contribution is 5.87. The molecule has 0 radical (unpaired) electrons. The number of halogens is 2. The van der Waals surface area contributed by atoms with Gasteiger partial charge in [-0.05, 0) is 160 Å². The van der Waals surface area contributed by atoms with Gasteiger partial charge in [0.2, 0.25) is 11.8 Å². The molecule has 6 heterocycles. The zero-order valence-electron chi connectivity index (χ0n) is 57.8. The summed E-state index contributed by atoms with van der Waals surface area (Å²) in [5, 5.41) is 0. The van der Waals surface area contributed by atoms with Crippen molar-refractivity contribution in [2.24, 2.45) is 0 Å². The molecule has 4 aromatic carbocycles. The lowest BCUT2D eigenvalue weighted by Crippen LogP contribution is -2.62. The smallest absolute Gasteiger partial charge is 0.410 e. The molecule has 4 fully saturated rings. The first-order valence-electron chi connectivity index (χ1n) is 36.3. The molecule has 0 spiro atoms. The number of benzene rings is 4. The quantitative estimate of drug-likeness (QED) is 0.0798. The highest BCUT2D eigenvalue weighted by atomic mass is 19.1. The van der Waals surface area contributed by atoms with Gasteiger partial charge in [0.25, 0.3) is 0 Å². The van der Waals surface area contributed by atoms with Gasteiger partial charge in [-0.1, -0.05) is 122 Å². The van der Waals surface area contributed by atoms with Crippen molar-refractivity contribution in [3.8, 4) is 0 Å². The molecule has 4 aromatic heterocycles. The Hall–Kier alpha value is -9.14. The van der Waals surface area contributed by atoms with Crippen LogP contribution in [0.5, 0.6) is 0 Å². The minimum Gasteiger partial charge on any atom is -0.446 e. The highest BCUT2D eigenvalue weighted by Crippen LogP contribution is 2.40. The number of hydrogen-bond donors (Lipinski definition) is 0. The Morgan fingerprint density at radius 3 is 1.27 bits per heavy atom. The Bertz CT molecular complexity index is 3810. The van der Waals surface area contributed by atoms with Gasteiger partial charge in [-0.15, -0.1) is 0 Å². The molecule has 18 nitrogen and oxygen atoms in total. The van der Waals surface area contributed by atoms with E-state index in [1.807, 2.05) is 143 Å². The van der Waals surface area contributed by atoms with Crippen molar-refractivity contribution in [2.45, 2.75) is 179 Å². The first kappa shape index (κ1) is 69.3. The molecular weight excluding hydrogens is 1260 g/mol. The molecule has 100 heavy (non-hydrogen) atoms. The van der Waals surface area contributed by atoms with Crippen molar-refractivity contribution in [1.82, 2.24) is 58.5 Å².